The lowest BCUT2D eigenvalue weighted by atomic mass is 9.86. The molecule has 0 aromatic heterocycles. The summed E-state index contributed by atoms with van der Waals surface area (Å²) < 4.78 is 6.69. The second-order valence-electron chi connectivity index (χ2n) is 8.01. The Kier molecular flexibility index (Phi) is 5.53. The number of ether oxygens (including phenoxy) is 1. The molecule has 2 rings (SSSR count). The topological polar surface area (TPSA) is 9.23 Å². The predicted molar refractivity (Wildman–Crippen MR) is 90.9 cm³/mol. The SMILES string of the molecule is CCCCC[C@H]1CCC[C@@]2(CCC/C2=C\[Si](C)(C)C)O1. The minimum absolute atomic E-state index is 0.162. The van der Waals surface area contributed by atoms with Gasteiger partial charge >= 0.3 is 0 Å². The van der Waals surface area contributed by atoms with E-state index in [2.05, 4.69) is 32.3 Å². The fraction of sp³-hybridized carbons (Fsp3) is 0.889. The molecule has 2 heteroatoms. The summed E-state index contributed by atoms with van der Waals surface area (Å²) in [6.07, 6.45) is 13.7. The first-order chi connectivity index (χ1) is 9.45. The Morgan fingerprint density at radius 2 is 1.95 bits per heavy atom. The normalized spacial score (nSPS) is 33.2. The smallest absolute Gasteiger partial charge is 0.0891 e. The van der Waals surface area contributed by atoms with Crippen LogP contribution in [0.4, 0.5) is 0 Å². The molecule has 0 aromatic carbocycles. The zero-order valence-electron chi connectivity index (χ0n) is 14.1. The minimum Gasteiger partial charge on any atom is -0.367 e. The Morgan fingerprint density at radius 1 is 1.20 bits per heavy atom. The van der Waals surface area contributed by atoms with E-state index in [9.17, 15) is 0 Å². The molecule has 0 aromatic rings. The predicted octanol–water partition coefficient (Wildman–Crippen LogP) is 5.86. The molecule has 1 heterocycles. The van der Waals surface area contributed by atoms with Gasteiger partial charge in [-0.3, -0.25) is 0 Å². The third kappa shape index (κ3) is 4.21. The zero-order valence-corrected chi connectivity index (χ0v) is 15.1. The van der Waals surface area contributed by atoms with Gasteiger partial charge in [-0.1, -0.05) is 51.5 Å². The molecule has 1 aliphatic carbocycles. The first kappa shape index (κ1) is 16.3. The average molecular weight is 295 g/mol. The van der Waals surface area contributed by atoms with Gasteiger partial charge in [0, 0.05) is 0 Å². The van der Waals surface area contributed by atoms with E-state index in [1.165, 1.54) is 64.2 Å². The van der Waals surface area contributed by atoms with Crippen LogP contribution in [0.3, 0.4) is 0 Å². The van der Waals surface area contributed by atoms with Crippen LogP contribution < -0.4 is 0 Å². The molecular weight excluding hydrogens is 260 g/mol. The Balaban J connectivity index is 2.03. The Morgan fingerprint density at radius 3 is 2.65 bits per heavy atom. The number of hydrogen-bond donors (Lipinski definition) is 0. The molecule has 1 saturated heterocycles. The van der Waals surface area contributed by atoms with E-state index in [0.29, 0.717) is 6.10 Å². The number of unbranched alkanes of at least 4 members (excludes halogenated alkanes) is 2. The summed E-state index contributed by atoms with van der Waals surface area (Å²) in [4.78, 5) is 0. The molecule has 1 aliphatic heterocycles. The molecule has 0 bridgehead atoms. The van der Waals surface area contributed by atoms with Gasteiger partial charge in [-0.2, -0.15) is 0 Å². The summed E-state index contributed by atoms with van der Waals surface area (Å²) in [5, 5.41) is 0. The molecule has 0 N–H and O–H groups in total. The highest BCUT2D eigenvalue weighted by Gasteiger charge is 2.43. The maximum atomic E-state index is 6.69. The summed E-state index contributed by atoms with van der Waals surface area (Å²) >= 11 is 0. The molecule has 2 aliphatic rings. The van der Waals surface area contributed by atoms with Gasteiger partial charge in [0.25, 0.3) is 0 Å². The van der Waals surface area contributed by atoms with Crippen LogP contribution in [-0.4, -0.2) is 19.8 Å². The van der Waals surface area contributed by atoms with E-state index in [1.807, 2.05) is 0 Å². The molecule has 0 unspecified atom stereocenters. The Bertz CT molecular complexity index is 342. The summed E-state index contributed by atoms with van der Waals surface area (Å²) in [6.45, 7) is 9.64. The fourth-order valence-corrected chi connectivity index (χ4v) is 5.43. The van der Waals surface area contributed by atoms with Crippen molar-refractivity contribution in [2.24, 2.45) is 0 Å². The Hall–Kier alpha value is -0.0831. The van der Waals surface area contributed by atoms with Crippen LogP contribution in [0.15, 0.2) is 11.3 Å². The van der Waals surface area contributed by atoms with Crippen molar-refractivity contribution >= 4 is 8.07 Å². The van der Waals surface area contributed by atoms with E-state index in [4.69, 9.17) is 4.74 Å². The van der Waals surface area contributed by atoms with Crippen molar-refractivity contribution in [2.45, 2.75) is 102 Å². The summed E-state index contributed by atoms with van der Waals surface area (Å²) in [6, 6.07) is 0. The van der Waals surface area contributed by atoms with Gasteiger partial charge in [0.15, 0.2) is 0 Å². The highest BCUT2D eigenvalue weighted by atomic mass is 28.3. The van der Waals surface area contributed by atoms with Crippen LogP contribution >= 0.6 is 0 Å². The van der Waals surface area contributed by atoms with Crippen molar-refractivity contribution in [3.05, 3.63) is 11.3 Å². The number of rotatable bonds is 5. The van der Waals surface area contributed by atoms with Gasteiger partial charge in [-0.15, -0.1) is 0 Å². The van der Waals surface area contributed by atoms with E-state index in [1.54, 1.807) is 5.57 Å². The first-order valence-corrected chi connectivity index (χ1v) is 12.4. The van der Waals surface area contributed by atoms with Crippen molar-refractivity contribution in [2.75, 3.05) is 0 Å². The van der Waals surface area contributed by atoms with Crippen molar-refractivity contribution in [1.82, 2.24) is 0 Å². The Labute approximate surface area is 127 Å². The lowest BCUT2D eigenvalue weighted by Crippen LogP contribution is -2.40. The van der Waals surface area contributed by atoms with Crippen LogP contribution in [0.1, 0.15) is 71.1 Å². The monoisotopic (exact) mass is 294 g/mol. The summed E-state index contributed by atoms with van der Waals surface area (Å²) in [7, 11) is -1.13. The zero-order chi connectivity index (χ0) is 14.6. The summed E-state index contributed by atoms with van der Waals surface area (Å²) in [5.74, 6) is 0. The van der Waals surface area contributed by atoms with Crippen LogP contribution in [0.5, 0.6) is 0 Å². The van der Waals surface area contributed by atoms with E-state index in [0.717, 1.165) is 0 Å². The second kappa shape index (κ2) is 6.78. The lowest BCUT2D eigenvalue weighted by Gasteiger charge is -2.41. The van der Waals surface area contributed by atoms with E-state index >= 15 is 0 Å². The highest BCUT2D eigenvalue weighted by Crippen LogP contribution is 2.46. The molecule has 1 spiro atoms. The summed E-state index contributed by atoms with van der Waals surface area (Å²) in [5.41, 5.74) is 4.49. The van der Waals surface area contributed by atoms with E-state index < -0.39 is 8.07 Å². The van der Waals surface area contributed by atoms with Gasteiger partial charge < -0.3 is 4.74 Å². The maximum Gasteiger partial charge on any atom is 0.0891 e. The van der Waals surface area contributed by atoms with Gasteiger partial charge in [0.1, 0.15) is 0 Å². The number of hydrogen-bond acceptors (Lipinski definition) is 1. The van der Waals surface area contributed by atoms with Crippen LogP contribution in [0, 0.1) is 0 Å². The maximum absolute atomic E-state index is 6.69. The first-order valence-electron chi connectivity index (χ1n) is 8.85. The molecule has 116 valence electrons. The van der Waals surface area contributed by atoms with Gasteiger partial charge in [0.2, 0.25) is 0 Å². The van der Waals surface area contributed by atoms with Gasteiger partial charge in [0.05, 0.1) is 19.8 Å². The van der Waals surface area contributed by atoms with Crippen LogP contribution in [0.2, 0.25) is 19.6 Å². The van der Waals surface area contributed by atoms with Crippen molar-refractivity contribution in [3.8, 4) is 0 Å². The van der Waals surface area contributed by atoms with Crippen molar-refractivity contribution in [1.29, 1.82) is 0 Å². The molecule has 2 atom stereocenters. The molecule has 1 saturated carbocycles. The van der Waals surface area contributed by atoms with Gasteiger partial charge in [-0.05, 0) is 50.5 Å². The third-order valence-corrected chi connectivity index (χ3v) is 6.06. The van der Waals surface area contributed by atoms with Crippen LogP contribution in [0.25, 0.3) is 0 Å². The fourth-order valence-electron chi connectivity index (χ4n) is 3.98. The molecule has 1 nitrogen and oxygen atoms in total. The average Bonchev–Trinajstić information content (AvgIpc) is 2.70. The quantitative estimate of drug-likeness (QED) is 0.455. The molecule has 20 heavy (non-hydrogen) atoms. The molecule has 0 radical (unpaired) electrons. The molecule has 0 amide bonds. The van der Waals surface area contributed by atoms with Crippen LogP contribution in [-0.2, 0) is 4.74 Å². The molecule has 2 fully saturated rings. The van der Waals surface area contributed by atoms with Crippen molar-refractivity contribution in [3.63, 3.8) is 0 Å². The second-order valence-corrected chi connectivity index (χ2v) is 13.0. The van der Waals surface area contributed by atoms with Crippen molar-refractivity contribution < 1.29 is 4.74 Å². The largest absolute Gasteiger partial charge is 0.367 e. The molecular formula is C18H34OSi. The van der Waals surface area contributed by atoms with Gasteiger partial charge in [-0.25, -0.2) is 0 Å². The minimum atomic E-state index is -1.13. The standard InChI is InChI=1S/C18H34OSi/c1-5-6-7-11-17-12-9-14-18(19-17)13-8-10-16(18)15-20(2,3)4/h15,17H,5-14H2,1-4H3/b16-15+/t17-,18+/m0/s1. The third-order valence-electron chi connectivity index (χ3n) is 4.85. The highest BCUT2D eigenvalue weighted by molar-refractivity contribution is 6.81. The lowest BCUT2D eigenvalue weighted by molar-refractivity contribution is -0.105. The van der Waals surface area contributed by atoms with E-state index in [-0.39, 0.29) is 5.60 Å².